The molecule has 0 radical (unpaired) electrons. The fourth-order valence-corrected chi connectivity index (χ4v) is 9.84. The maximum atomic E-state index is 14.3. The van der Waals surface area contributed by atoms with Gasteiger partial charge in [-0.1, -0.05) is 48.7 Å². The number of likely N-dealkylation sites (tertiary alicyclic amines) is 1. The van der Waals surface area contributed by atoms with E-state index in [4.69, 9.17) is 40.4 Å². The number of rotatable bonds is 15. The van der Waals surface area contributed by atoms with Crippen molar-refractivity contribution in [3.63, 3.8) is 0 Å². The minimum Gasteiger partial charge on any atom is -0.495 e. The lowest BCUT2D eigenvalue weighted by atomic mass is 9.83. The maximum Gasteiger partial charge on any atom is 0.409 e. The molecule has 5 rings (SSSR count). The first-order valence-electron chi connectivity index (χ1n) is 21.7. The third kappa shape index (κ3) is 12.2. The molecule has 3 fully saturated rings. The number of allylic oxidation sites excluding steroid dienone is 3. The number of nitrogens with one attached hydrogen (secondary N) is 1. The number of esters is 1. The molecular weight excluding hydrogens is 888 g/mol. The quantitative estimate of drug-likeness (QED) is 0.0957. The van der Waals surface area contributed by atoms with Crippen molar-refractivity contribution in [1.29, 1.82) is 0 Å². The van der Waals surface area contributed by atoms with Crippen LogP contribution in [0.4, 0.5) is 10.5 Å². The highest BCUT2D eigenvalue weighted by Crippen LogP contribution is 2.49. The van der Waals surface area contributed by atoms with Crippen LogP contribution in [0.2, 0.25) is 5.02 Å². The Morgan fingerprint density at radius 1 is 1.09 bits per heavy atom. The zero-order chi connectivity index (χ0) is 48.0. The van der Waals surface area contributed by atoms with E-state index in [1.165, 1.54) is 54.7 Å². The molecule has 1 aromatic rings. The van der Waals surface area contributed by atoms with E-state index in [0.717, 1.165) is 11.1 Å². The molecule has 3 N–H and O–H groups in total. The van der Waals surface area contributed by atoms with Crippen LogP contribution in [-0.4, -0.2) is 149 Å². The summed E-state index contributed by atoms with van der Waals surface area (Å²) in [4.78, 5) is 94.7. The molecule has 4 bridgehead atoms. The summed E-state index contributed by atoms with van der Waals surface area (Å²) in [6.45, 7) is 7.03. The van der Waals surface area contributed by atoms with E-state index >= 15 is 0 Å². The molecule has 20 heteroatoms. The Morgan fingerprint density at radius 2 is 1.82 bits per heavy atom. The number of epoxide rings is 1. The van der Waals surface area contributed by atoms with E-state index in [1.54, 1.807) is 45.2 Å². The lowest BCUT2D eigenvalue weighted by molar-refractivity contribution is -0.162. The minimum atomic E-state index is -1.88. The number of anilines is 1. The standard InChI is InChI=1S/C45H61ClN4O14S/c1-25-13-12-14-33(61-8)45(59)24-31(62-43(58)47-45)26(2)40-44(4,64-40)34(23-36(52)49(6)29-20-28(19-25)21-30(60-7)39(29)46)63-42(57)27(3)48(5)35(51)16-18-65-32-22-37(53)50(41(32)56)17-11-9-10-15-38(54)55/h12-14,20-21,26-27,31-34,40,59H,9-11,15-19,22-24H2,1-8H3,(H,47,58)(H,54,55)/b14-12+,25-13+/t26-,27+,31+,32?,33-,34+,40+,44+,45+/m1/s1. The number of benzene rings is 1. The highest BCUT2D eigenvalue weighted by molar-refractivity contribution is 8.00. The van der Waals surface area contributed by atoms with Crippen molar-refractivity contribution in [2.45, 2.75) is 133 Å². The maximum absolute atomic E-state index is 14.3. The summed E-state index contributed by atoms with van der Waals surface area (Å²) in [5, 5.41) is 22.7. The van der Waals surface area contributed by atoms with E-state index in [0.29, 0.717) is 37.1 Å². The van der Waals surface area contributed by atoms with Crippen molar-refractivity contribution in [2.75, 3.05) is 45.5 Å². The van der Waals surface area contributed by atoms with Gasteiger partial charge in [0.15, 0.2) is 5.72 Å². The zero-order valence-electron chi connectivity index (χ0n) is 38.1. The fraction of sp³-hybridized carbons (Fsp3) is 0.622. The zero-order valence-corrected chi connectivity index (χ0v) is 39.7. The molecule has 18 nitrogen and oxygen atoms in total. The van der Waals surface area contributed by atoms with E-state index in [1.807, 2.05) is 13.0 Å². The van der Waals surface area contributed by atoms with Gasteiger partial charge in [-0.3, -0.25) is 34.2 Å². The SMILES string of the molecule is COc1cc2cc(c1Cl)N(C)C(=O)C[C@H](OC(=O)[C@H](C)N(C)C(=O)CCSC1CC(=O)N(CCCCCC(=O)O)C1=O)[C@]1(C)O[C@H]1[C@H](C)[C@@H]1C[C@@](O)(NC(=O)O1)[C@H](OC)/C=C/C=C(\C)C2. The van der Waals surface area contributed by atoms with Gasteiger partial charge in [-0.15, -0.1) is 11.8 Å². The topological polar surface area (TPSA) is 231 Å². The number of halogens is 1. The number of carboxylic acids is 1. The number of fused-ring (bicyclic) bond motifs is 5. The van der Waals surface area contributed by atoms with Crippen molar-refractivity contribution in [2.24, 2.45) is 5.92 Å². The second kappa shape index (κ2) is 21.7. The number of thioether (sulfide) groups is 1. The number of likely N-dealkylation sites (N-methyl/N-ethyl adjacent to an activating group) is 1. The number of imide groups is 1. The van der Waals surface area contributed by atoms with Crippen LogP contribution in [-0.2, 0) is 54.1 Å². The molecule has 0 aromatic heterocycles. The normalized spacial score (nSPS) is 30.0. The number of alkyl carbamates (subject to hydrolysis) is 1. The summed E-state index contributed by atoms with van der Waals surface area (Å²) < 4.78 is 29.3. The van der Waals surface area contributed by atoms with Crippen LogP contribution in [0.15, 0.2) is 35.9 Å². The molecule has 65 heavy (non-hydrogen) atoms. The van der Waals surface area contributed by atoms with Crippen LogP contribution in [0.5, 0.6) is 5.75 Å². The minimum absolute atomic E-state index is 0.00467. The number of carbonyl (C=O) groups is 7. The lowest BCUT2D eigenvalue weighted by Crippen LogP contribution is -2.63. The Bertz CT molecular complexity index is 2070. The predicted molar refractivity (Wildman–Crippen MR) is 239 cm³/mol. The van der Waals surface area contributed by atoms with Crippen molar-refractivity contribution < 1.29 is 67.5 Å². The van der Waals surface area contributed by atoms with Crippen LogP contribution in [0.25, 0.3) is 0 Å². The highest BCUT2D eigenvalue weighted by atomic mass is 35.5. The Morgan fingerprint density at radius 3 is 2.49 bits per heavy atom. The number of nitrogens with zero attached hydrogens (tertiary/aromatic N) is 3. The molecule has 358 valence electrons. The molecule has 4 aliphatic heterocycles. The number of amides is 5. The van der Waals surface area contributed by atoms with Crippen LogP contribution < -0.4 is 15.0 Å². The lowest BCUT2D eigenvalue weighted by Gasteiger charge is -2.42. The molecule has 1 unspecified atom stereocenters. The van der Waals surface area contributed by atoms with E-state index in [-0.39, 0.29) is 61.2 Å². The van der Waals surface area contributed by atoms with Gasteiger partial charge >= 0.3 is 18.0 Å². The number of ether oxygens (including phenoxy) is 5. The van der Waals surface area contributed by atoms with Gasteiger partial charge < -0.3 is 43.7 Å². The third-order valence-electron chi connectivity index (χ3n) is 12.6. The number of carbonyl (C=O) groups excluding carboxylic acids is 6. The molecule has 0 spiro atoms. The summed E-state index contributed by atoms with van der Waals surface area (Å²) in [5.41, 5.74) is -1.17. The Labute approximate surface area is 388 Å². The van der Waals surface area contributed by atoms with Crippen LogP contribution in [0.1, 0.15) is 84.6 Å². The number of hydrogen-bond acceptors (Lipinski definition) is 14. The van der Waals surface area contributed by atoms with Crippen molar-refractivity contribution in [3.8, 4) is 5.75 Å². The molecule has 9 atom stereocenters. The van der Waals surface area contributed by atoms with Gasteiger partial charge in [0.1, 0.15) is 40.7 Å². The molecule has 0 aliphatic carbocycles. The van der Waals surface area contributed by atoms with Gasteiger partial charge in [0, 0.05) is 65.1 Å². The second-order valence-corrected chi connectivity index (χ2v) is 19.0. The Kier molecular flexibility index (Phi) is 17.2. The summed E-state index contributed by atoms with van der Waals surface area (Å²) in [5.74, 6) is -3.37. The number of aliphatic carboxylic acids is 1. The van der Waals surface area contributed by atoms with E-state index < -0.39 is 82.8 Å². The second-order valence-electron chi connectivity index (χ2n) is 17.3. The van der Waals surface area contributed by atoms with Crippen LogP contribution in [0.3, 0.4) is 0 Å². The Balaban J connectivity index is 1.33. The van der Waals surface area contributed by atoms with Gasteiger partial charge in [-0.25, -0.2) is 9.59 Å². The summed E-state index contributed by atoms with van der Waals surface area (Å²) in [6.07, 6.45) is 1.87. The van der Waals surface area contributed by atoms with Crippen molar-refractivity contribution in [3.05, 3.63) is 46.5 Å². The third-order valence-corrected chi connectivity index (χ3v) is 14.2. The monoisotopic (exact) mass is 948 g/mol. The van der Waals surface area contributed by atoms with Gasteiger partial charge in [0.05, 0.1) is 30.6 Å². The fourth-order valence-electron chi connectivity index (χ4n) is 8.42. The smallest absolute Gasteiger partial charge is 0.409 e. The number of hydrogen-bond donors (Lipinski definition) is 3. The summed E-state index contributed by atoms with van der Waals surface area (Å²) in [6, 6.07) is 2.40. The van der Waals surface area contributed by atoms with Gasteiger partial charge in [0.2, 0.25) is 23.6 Å². The van der Waals surface area contributed by atoms with Gasteiger partial charge in [-0.2, -0.15) is 0 Å². The average molecular weight is 950 g/mol. The Hall–Kier alpha value is -4.69. The molecule has 4 heterocycles. The largest absolute Gasteiger partial charge is 0.495 e. The molecule has 0 saturated carbocycles. The van der Waals surface area contributed by atoms with Crippen LogP contribution >= 0.6 is 23.4 Å². The van der Waals surface area contributed by atoms with Crippen molar-refractivity contribution >= 4 is 70.7 Å². The van der Waals surface area contributed by atoms with E-state index in [9.17, 15) is 38.7 Å². The van der Waals surface area contributed by atoms with Crippen molar-refractivity contribution in [1.82, 2.24) is 15.1 Å². The molecule has 5 amide bonds. The predicted octanol–water partition coefficient (Wildman–Crippen LogP) is 4.41. The number of aliphatic hydroxyl groups is 1. The average Bonchev–Trinajstić information content (AvgIpc) is 3.88. The number of unbranched alkanes of at least 4 members (excludes halogenated alkanes) is 2. The number of methoxy groups -OCH3 is 2. The highest BCUT2D eigenvalue weighted by Gasteiger charge is 2.64. The van der Waals surface area contributed by atoms with Gasteiger partial charge in [-0.05, 0) is 57.7 Å². The molecule has 4 aliphatic rings. The first-order valence-corrected chi connectivity index (χ1v) is 23.1. The first kappa shape index (κ1) is 51.3. The van der Waals surface area contributed by atoms with Crippen LogP contribution in [0, 0.1) is 5.92 Å². The molecular formula is C45H61ClN4O14S. The first-order chi connectivity index (χ1) is 30.6. The number of carboxylic acid groups (broad SMARTS) is 1. The van der Waals surface area contributed by atoms with Gasteiger partial charge in [0.25, 0.3) is 0 Å². The summed E-state index contributed by atoms with van der Waals surface area (Å²) in [7, 11) is 5.86. The molecule has 1 aromatic carbocycles. The summed E-state index contributed by atoms with van der Waals surface area (Å²) >= 11 is 7.97. The molecule has 3 saturated heterocycles. The van der Waals surface area contributed by atoms with E-state index in [2.05, 4.69) is 5.32 Å².